The summed E-state index contributed by atoms with van der Waals surface area (Å²) in [5, 5.41) is 20.7. The second kappa shape index (κ2) is 28.1. The highest BCUT2D eigenvalue weighted by Gasteiger charge is 2.37. The van der Waals surface area contributed by atoms with Gasteiger partial charge in [0, 0.05) is 85.7 Å². The van der Waals surface area contributed by atoms with Crippen LogP contribution in [0.1, 0.15) is 75.0 Å². The predicted molar refractivity (Wildman–Crippen MR) is 295 cm³/mol. The van der Waals surface area contributed by atoms with Crippen molar-refractivity contribution in [1.29, 1.82) is 0 Å². The van der Waals surface area contributed by atoms with E-state index >= 15 is 0 Å². The van der Waals surface area contributed by atoms with Crippen molar-refractivity contribution in [2.45, 2.75) is 127 Å². The molecular weight excluding hydrogens is 1010 g/mol. The van der Waals surface area contributed by atoms with Crippen molar-refractivity contribution in [3.63, 3.8) is 0 Å². The fourth-order valence-corrected chi connectivity index (χ4v) is 9.61. The number of benzene rings is 3. The zero-order valence-electron chi connectivity index (χ0n) is 44.9. The van der Waals surface area contributed by atoms with Gasteiger partial charge in [-0.2, -0.15) is 0 Å². The molecule has 0 unspecified atom stereocenters. The first kappa shape index (κ1) is 58.0. The molecule has 12 N–H and O–H groups in total. The molecule has 0 radical (unpaired) electrons. The molecule has 8 atom stereocenters. The molecule has 7 rings (SSSR count). The molecule has 0 saturated carbocycles. The maximum Gasteiger partial charge on any atom is 0.245 e. The van der Waals surface area contributed by atoms with E-state index in [4.69, 9.17) is 5.73 Å². The number of carbonyl (C=O) groups is 8. The van der Waals surface area contributed by atoms with Gasteiger partial charge in [-0.15, -0.1) is 0 Å². The number of aromatic nitrogens is 5. The molecule has 3 aromatic heterocycles. The van der Waals surface area contributed by atoms with Crippen LogP contribution in [0.3, 0.4) is 0 Å². The summed E-state index contributed by atoms with van der Waals surface area (Å²) in [4.78, 5) is 130. The lowest BCUT2D eigenvalue weighted by Crippen LogP contribution is -2.60. The van der Waals surface area contributed by atoms with Crippen LogP contribution in [0.2, 0.25) is 0 Å². The molecule has 79 heavy (non-hydrogen) atoms. The van der Waals surface area contributed by atoms with E-state index in [1.54, 1.807) is 37.3 Å². The molecule has 22 nitrogen and oxygen atoms in total. The zero-order valence-corrected chi connectivity index (χ0v) is 44.9. The first-order chi connectivity index (χ1) is 38.0. The van der Waals surface area contributed by atoms with E-state index in [9.17, 15) is 38.4 Å². The molecule has 4 heterocycles. The Kier molecular flexibility index (Phi) is 20.6. The number of H-pyrrole nitrogens is 3. The van der Waals surface area contributed by atoms with Crippen LogP contribution in [-0.2, 0) is 70.5 Å². The van der Waals surface area contributed by atoms with E-state index in [0.717, 1.165) is 22.0 Å². The molecular formula is C57H72N14O8. The Bertz CT molecular complexity index is 2990. The second-order valence-corrected chi connectivity index (χ2v) is 20.4. The number of aromatic amines is 3. The van der Waals surface area contributed by atoms with E-state index in [1.165, 1.54) is 26.5 Å². The maximum absolute atomic E-state index is 14.4. The summed E-state index contributed by atoms with van der Waals surface area (Å²) in [5.74, 6) is -5.16. The molecule has 3 aromatic carbocycles. The number of hydrogen-bond acceptors (Lipinski definition) is 11. The van der Waals surface area contributed by atoms with Crippen molar-refractivity contribution in [3.05, 3.63) is 144 Å². The van der Waals surface area contributed by atoms with E-state index in [2.05, 4.69) is 62.1 Å². The molecule has 1 aliphatic rings. The summed E-state index contributed by atoms with van der Waals surface area (Å²) >= 11 is 0. The lowest BCUT2D eigenvalue weighted by molar-refractivity contribution is -0.138. The van der Waals surface area contributed by atoms with E-state index in [0.29, 0.717) is 55.7 Å². The van der Waals surface area contributed by atoms with Crippen LogP contribution in [0.4, 0.5) is 0 Å². The van der Waals surface area contributed by atoms with Gasteiger partial charge in [0.15, 0.2) is 0 Å². The van der Waals surface area contributed by atoms with Crippen LogP contribution >= 0.6 is 0 Å². The third-order valence-corrected chi connectivity index (χ3v) is 14.1. The number of imidazole rings is 2. The Morgan fingerprint density at radius 1 is 0.608 bits per heavy atom. The van der Waals surface area contributed by atoms with Crippen molar-refractivity contribution in [2.75, 3.05) is 13.1 Å². The summed E-state index contributed by atoms with van der Waals surface area (Å²) < 4.78 is 0. The van der Waals surface area contributed by atoms with Gasteiger partial charge in [-0.3, -0.25) is 38.4 Å². The SMILES string of the molecule is CC(C)[C@H](NC(=O)[C@H](C)NC(=O)[C@H](Cc1c[nH]c2ccccc12)NC(=O)[C@H](Cc1cnc[nH]1)NC(=O)CCc1ccccc1)C(=O)N[C@H](C)C(=O)N[C@@H](Cc1cnc[nH]1)C(=O)N1CCC[C@@H]1CN[C@@H](Cc1ccccc1)C(N)=O. The average molecular weight is 1080 g/mol. The molecule has 1 fully saturated rings. The average Bonchev–Trinajstić information content (AvgIpc) is 4.31. The molecule has 0 bridgehead atoms. The molecule has 0 spiro atoms. The van der Waals surface area contributed by atoms with Gasteiger partial charge in [0.1, 0.15) is 36.3 Å². The first-order valence-electron chi connectivity index (χ1n) is 26.7. The lowest BCUT2D eigenvalue weighted by Gasteiger charge is -2.31. The Morgan fingerprint density at radius 3 is 1.81 bits per heavy atom. The Morgan fingerprint density at radius 2 is 1.18 bits per heavy atom. The van der Waals surface area contributed by atoms with Crippen molar-refractivity contribution in [3.8, 4) is 0 Å². The van der Waals surface area contributed by atoms with Gasteiger partial charge >= 0.3 is 0 Å². The second-order valence-electron chi connectivity index (χ2n) is 20.4. The minimum Gasteiger partial charge on any atom is -0.368 e. The third kappa shape index (κ3) is 16.7. The fraction of sp³-hybridized carbons (Fsp3) is 0.404. The topological polar surface area (TPSA) is 323 Å². The molecule has 0 aliphatic carbocycles. The van der Waals surface area contributed by atoms with Crippen molar-refractivity contribution in [2.24, 2.45) is 11.7 Å². The minimum absolute atomic E-state index is 0.00235. The van der Waals surface area contributed by atoms with Gasteiger partial charge in [0.2, 0.25) is 47.3 Å². The zero-order chi connectivity index (χ0) is 56.4. The van der Waals surface area contributed by atoms with Crippen LogP contribution in [0, 0.1) is 5.92 Å². The number of amides is 8. The highest BCUT2D eigenvalue weighted by Crippen LogP contribution is 2.21. The number of nitrogens with zero attached hydrogens (tertiary/aromatic N) is 3. The van der Waals surface area contributed by atoms with Crippen LogP contribution in [-0.4, -0.2) is 139 Å². The molecule has 22 heteroatoms. The number of fused-ring (bicyclic) bond motifs is 1. The molecule has 1 aliphatic heterocycles. The third-order valence-electron chi connectivity index (χ3n) is 14.1. The van der Waals surface area contributed by atoms with Gasteiger partial charge < -0.3 is 62.8 Å². The summed E-state index contributed by atoms with van der Waals surface area (Å²) in [5.41, 5.74) is 10.3. The number of rotatable bonds is 28. The van der Waals surface area contributed by atoms with Crippen LogP contribution < -0.4 is 43.0 Å². The number of carbonyl (C=O) groups excluding carboxylic acids is 8. The normalized spacial score (nSPS) is 15.9. The number of para-hydroxylation sites is 1. The molecule has 8 amide bonds. The van der Waals surface area contributed by atoms with E-state index in [1.807, 2.05) is 84.9 Å². The Balaban J connectivity index is 0.981. The quantitative estimate of drug-likeness (QED) is 0.0335. The number of likely N-dealkylation sites (tertiary alicyclic amines) is 1. The number of hydrogen-bond donors (Lipinski definition) is 11. The van der Waals surface area contributed by atoms with Crippen LogP contribution in [0.15, 0.2) is 116 Å². The Hall–Kier alpha value is -8.66. The van der Waals surface area contributed by atoms with Gasteiger partial charge in [0.25, 0.3) is 0 Å². The maximum atomic E-state index is 14.4. The van der Waals surface area contributed by atoms with Gasteiger partial charge in [0.05, 0.1) is 18.7 Å². The Labute approximate surface area is 458 Å². The van der Waals surface area contributed by atoms with Crippen molar-refractivity contribution >= 4 is 58.2 Å². The first-order valence-corrected chi connectivity index (χ1v) is 26.7. The predicted octanol–water partition coefficient (Wildman–Crippen LogP) is 1.56. The highest BCUT2D eigenvalue weighted by molar-refractivity contribution is 5.97. The highest BCUT2D eigenvalue weighted by atomic mass is 16.2. The molecule has 1 saturated heterocycles. The summed E-state index contributed by atoms with van der Waals surface area (Å²) in [7, 11) is 0. The minimum atomic E-state index is -1.24. The lowest BCUT2D eigenvalue weighted by atomic mass is 10.0. The number of nitrogens with two attached hydrogens (primary N) is 1. The standard InChI is InChI=1S/C57H72N14O8/c1-34(2)50(56(78)66-35(3)52(74)69-48(27-41-30-60-33-64-41)57(79)71-23-13-18-42(71)31-62-45(51(58)73)24-38-16-9-6-10-17-38)70-53(75)36(4)65-54(76)46(25-39-28-61-44-20-12-11-19-43(39)44)68-55(77)47(26-40-29-59-32-63-40)67-49(72)22-21-37-14-7-5-8-15-37/h5-12,14-17,19-20,28-30,32-36,42,45-48,50,61-62H,13,18,21-27,31H2,1-4H3,(H2,58,73)(H,59,63)(H,60,64)(H,65,76)(H,66,78)(H,67,72)(H,68,77)(H,69,74)(H,70,75)/t35-,36+,42-,45+,46+,47+,48+,50+/m1/s1. The summed E-state index contributed by atoms with van der Waals surface area (Å²) in [6, 6.07) is 18.4. The van der Waals surface area contributed by atoms with Gasteiger partial charge in [-0.05, 0) is 68.2 Å². The van der Waals surface area contributed by atoms with Crippen LogP contribution in [0.25, 0.3) is 10.9 Å². The van der Waals surface area contributed by atoms with Gasteiger partial charge in [-0.25, -0.2) is 9.97 Å². The van der Waals surface area contributed by atoms with Gasteiger partial charge in [-0.1, -0.05) is 92.7 Å². The monoisotopic (exact) mass is 1080 g/mol. The van der Waals surface area contributed by atoms with Crippen LogP contribution in [0.5, 0.6) is 0 Å². The molecule has 6 aromatic rings. The summed E-state index contributed by atoms with van der Waals surface area (Å²) in [6.07, 6.45) is 10.2. The summed E-state index contributed by atoms with van der Waals surface area (Å²) in [6.45, 7) is 7.03. The van der Waals surface area contributed by atoms with Crippen molar-refractivity contribution in [1.82, 2.24) is 67.0 Å². The van der Waals surface area contributed by atoms with E-state index in [-0.39, 0.29) is 43.5 Å². The smallest absolute Gasteiger partial charge is 0.245 e. The van der Waals surface area contributed by atoms with Crippen molar-refractivity contribution < 1.29 is 38.4 Å². The number of nitrogens with one attached hydrogen (secondary N) is 10. The number of aryl methyl sites for hydroxylation is 1. The van der Waals surface area contributed by atoms with E-state index < -0.39 is 83.7 Å². The largest absolute Gasteiger partial charge is 0.368 e. The fourth-order valence-electron chi connectivity index (χ4n) is 9.61. The number of primary amides is 1. The molecule has 418 valence electrons.